The van der Waals surface area contributed by atoms with Crippen LogP contribution in [0.2, 0.25) is 0 Å². The van der Waals surface area contributed by atoms with Crippen LogP contribution in [0.5, 0.6) is 0 Å². The van der Waals surface area contributed by atoms with Gasteiger partial charge in [0.25, 0.3) is 0 Å². The lowest BCUT2D eigenvalue weighted by atomic mass is 9.45. The third kappa shape index (κ3) is 1.49. The maximum absolute atomic E-state index is 6.23. The number of nitrogens with zero attached hydrogens (tertiary/aromatic N) is 3. The van der Waals surface area contributed by atoms with Gasteiger partial charge in [0, 0.05) is 6.54 Å². The van der Waals surface area contributed by atoms with Crippen LogP contribution in [0.4, 0.5) is 0 Å². The van der Waals surface area contributed by atoms with Crippen molar-refractivity contribution in [1.29, 1.82) is 0 Å². The molecule has 0 aromatic carbocycles. The number of aromatic nitrogens is 3. The number of rotatable bonds is 3. The topological polar surface area (TPSA) is 56.7 Å². The molecule has 1 atom stereocenters. The van der Waals surface area contributed by atoms with Crippen LogP contribution in [0.3, 0.4) is 0 Å². The van der Waals surface area contributed by atoms with Crippen molar-refractivity contribution in [1.82, 2.24) is 14.8 Å². The molecule has 4 aliphatic carbocycles. The molecule has 4 fully saturated rings. The first-order valence-electron chi connectivity index (χ1n) is 7.70. The van der Waals surface area contributed by atoms with Crippen molar-refractivity contribution in [3.05, 3.63) is 12.7 Å². The molecule has 1 unspecified atom stereocenters. The van der Waals surface area contributed by atoms with Crippen molar-refractivity contribution in [2.24, 2.45) is 28.9 Å². The molecular formula is C15H24N4. The highest BCUT2D eigenvalue weighted by atomic mass is 15.4. The molecular weight excluding hydrogens is 236 g/mol. The van der Waals surface area contributed by atoms with Crippen molar-refractivity contribution < 1.29 is 0 Å². The van der Waals surface area contributed by atoms with E-state index in [4.69, 9.17) is 5.73 Å². The Morgan fingerprint density at radius 1 is 1.21 bits per heavy atom. The second-order valence-corrected chi connectivity index (χ2v) is 7.52. The van der Waals surface area contributed by atoms with E-state index in [1.807, 2.05) is 6.33 Å². The predicted molar refractivity (Wildman–Crippen MR) is 73.3 cm³/mol. The lowest BCUT2D eigenvalue weighted by Gasteiger charge is -2.62. The molecule has 2 N–H and O–H groups in total. The smallest absolute Gasteiger partial charge is 0.137 e. The molecule has 1 aromatic rings. The Morgan fingerprint density at radius 3 is 2.21 bits per heavy atom. The van der Waals surface area contributed by atoms with E-state index in [2.05, 4.69) is 21.7 Å². The summed E-state index contributed by atoms with van der Waals surface area (Å²) in [4.78, 5) is 4.16. The first kappa shape index (κ1) is 11.9. The van der Waals surface area contributed by atoms with Crippen molar-refractivity contribution in [2.75, 3.05) is 6.54 Å². The third-order valence-electron chi connectivity index (χ3n) is 6.50. The highest BCUT2D eigenvalue weighted by molar-refractivity contribution is 5.10. The second kappa shape index (κ2) is 3.81. The van der Waals surface area contributed by atoms with Crippen molar-refractivity contribution in [3.8, 4) is 0 Å². The first-order valence-corrected chi connectivity index (χ1v) is 7.70. The molecule has 0 saturated heterocycles. The van der Waals surface area contributed by atoms with Gasteiger partial charge >= 0.3 is 0 Å². The molecule has 4 nitrogen and oxygen atoms in total. The van der Waals surface area contributed by atoms with Gasteiger partial charge < -0.3 is 5.73 Å². The minimum absolute atomic E-state index is 0.0560. The summed E-state index contributed by atoms with van der Waals surface area (Å²) in [6.07, 6.45) is 12.0. The monoisotopic (exact) mass is 260 g/mol. The van der Waals surface area contributed by atoms with E-state index in [1.54, 1.807) is 6.33 Å². The van der Waals surface area contributed by atoms with Crippen molar-refractivity contribution in [3.63, 3.8) is 0 Å². The van der Waals surface area contributed by atoms with Gasteiger partial charge in [-0.25, -0.2) is 9.67 Å². The molecule has 4 saturated carbocycles. The molecule has 104 valence electrons. The Bertz CT molecular complexity index is 431. The summed E-state index contributed by atoms with van der Waals surface area (Å²) >= 11 is 0. The summed E-state index contributed by atoms with van der Waals surface area (Å²) in [6.45, 7) is 2.98. The minimum Gasteiger partial charge on any atom is -0.328 e. The molecule has 0 amide bonds. The molecule has 1 aromatic heterocycles. The number of hydrogen-bond donors (Lipinski definition) is 1. The lowest BCUT2D eigenvalue weighted by Crippen LogP contribution is -2.60. The van der Waals surface area contributed by atoms with Gasteiger partial charge in [-0.2, -0.15) is 5.10 Å². The van der Waals surface area contributed by atoms with Gasteiger partial charge in [-0.15, -0.1) is 0 Å². The summed E-state index contributed by atoms with van der Waals surface area (Å²) in [7, 11) is 0. The largest absolute Gasteiger partial charge is 0.328 e. The van der Waals surface area contributed by atoms with Gasteiger partial charge in [0.05, 0.1) is 5.54 Å². The Labute approximate surface area is 114 Å². The number of nitrogens with two attached hydrogens (primary N) is 1. The summed E-state index contributed by atoms with van der Waals surface area (Å²) in [5.41, 5.74) is 6.54. The summed E-state index contributed by atoms with van der Waals surface area (Å²) in [5.74, 6) is 2.84. The van der Waals surface area contributed by atoms with Crippen LogP contribution in [0.25, 0.3) is 0 Å². The van der Waals surface area contributed by atoms with Gasteiger partial charge in [0.15, 0.2) is 0 Å². The van der Waals surface area contributed by atoms with Crippen LogP contribution in [0.1, 0.15) is 45.4 Å². The Hall–Kier alpha value is -0.900. The minimum atomic E-state index is -0.0560. The fourth-order valence-electron chi connectivity index (χ4n) is 5.79. The zero-order valence-electron chi connectivity index (χ0n) is 11.8. The Kier molecular flexibility index (Phi) is 2.39. The quantitative estimate of drug-likeness (QED) is 0.906. The van der Waals surface area contributed by atoms with Crippen LogP contribution < -0.4 is 5.73 Å². The third-order valence-corrected chi connectivity index (χ3v) is 6.50. The van der Waals surface area contributed by atoms with Gasteiger partial charge in [-0.05, 0) is 68.6 Å². The van der Waals surface area contributed by atoms with Crippen LogP contribution in [0.15, 0.2) is 12.7 Å². The van der Waals surface area contributed by atoms with E-state index < -0.39 is 0 Å². The highest BCUT2D eigenvalue weighted by Gasteiger charge is 2.59. The molecule has 0 aliphatic heterocycles. The fourth-order valence-corrected chi connectivity index (χ4v) is 5.79. The van der Waals surface area contributed by atoms with Crippen molar-refractivity contribution >= 4 is 0 Å². The second-order valence-electron chi connectivity index (χ2n) is 7.52. The van der Waals surface area contributed by atoms with Gasteiger partial charge in [0.1, 0.15) is 12.7 Å². The summed E-state index contributed by atoms with van der Waals surface area (Å²) < 4.78 is 2.06. The molecule has 0 radical (unpaired) electrons. The van der Waals surface area contributed by atoms with Gasteiger partial charge in [-0.3, -0.25) is 0 Å². The SMILES string of the molecule is CC(CN)(n1cncn1)C12CC3CC(CC(C3)C1)C2. The summed E-state index contributed by atoms with van der Waals surface area (Å²) in [5, 5.41) is 4.44. The van der Waals surface area contributed by atoms with E-state index in [9.17, 15) is 0 Å². The number of hydrogen-bond acceptors (Lipinski definition) is 3. The molecule has 4 heteroatoms. The maximum atomic E-state index is 6.23. The van der Waals surface area contributed by atoms with Crippen LogP contribution >= 0.6 is 0 Å². The fraction of sp³-hybridized carbons (Fsp3) is 0.867. The lowest BCUT2D eigenvalue weighted by molar-refractivity contribution is -0.119. The van der Waals surface area contributed by atoms with E-state index >= 15 is 0 Å². The standard InChI is InChI=1S/C15H24N4/c1-14(8-16,19-10-17-9-18-19)15-5-11-2-12(6-15)4-13(3-11)7-15/h9-13H,2-8,16H2,1H3. The molecule has 1 heterocycles. The van der Waals surface area contributed by atoms with E-state index in [0.717, 1.165) is 17.8 Å². The molecule has 5 rings (SSSR count). The van der Waals surface area contributed by atoms with Gasteiger partial charge in [0.2, 0.25) is 0 Å². The van der Waals surface area contributed by atoms with Crippen LogP contribution in [-0.4, -0.2) is 21.3 Å². The van der Waals surface area contributed by atoms with Crippen molar-refractivity contribution in [2.45, 2.75) is 51.0 Å². The zero-order chi connectivity index (χ0) is 13.1. The Balaban J connectivity index is 1.77. The summed E-state index contributed by atoms with van der Waals surface area (Å²) in [6, 6.07) is 0. The average molecular weight is 260 g/mol. The zero-order valence-corrected chi connectivity index (χ0v) is 11.8. The van der Waals surface area contributed by atoms with E-state index in [0.29, 0.717) is 12.0 Å². The molecule has 4 aliphatic rings. The molecule has 0 spiro atoms. The molecule has 4 bridgehead atoms. The molecule has 19 heavy (non-hydrogen) atoms. The van der Waals surface area contributed by atoms with Crippen LogP contribution in [0, 0.1) is 23.2 Å². The normalized spacial score (nSPS) is 43.4. The highest BCUT2D eigenvalue weighted by Crippen LogP contribution is 2.64. The Morgan fingerprint density at radius 2 is 1.79 bits per heavy atom. The van der Waals surface area contributed by atoms with Gasteiger partial charge in [-0.1, -0.05) is 0 Å². The van der Waals surface area contributed by atoms with Crippen LogP contribution in [-0.2, 0) is 5.54 Å². The first-order chi connectivity index (χ1) is 9.15. The van der Waals surface area contributed by atoms with E-state index in [-0.39, 0.29) is 5.54 Å². The predicted octanol–water partition coefficient (Wildman–Crippen LogP) is 2.17. The maximum Gasteiger partial charge on any atom is 0.137 e. The average Bonchev–Trinajstić information content (AvgIpc) is 2.90. The van der Waals surface area contributed by atoms with E-state index in [1.165, 1.54) is 38.5 Å².